The van der Waals surface area contributed by atoms with Crippen LogP contribution in [-0.4, -0.2) is 31.7 Å². The number of aliphatic imine (C=N–C) groups is 1. The third-order valence-corrected chi connectivity index (χ3v) is 5.18. The fraction of sp³-hybridized carbons (Fsp3) is 0.185. The zero-order chi connectivity index (χ0) is 23.9. The molecule has 6 nitrogen and oxygen atoms in total. The second kappa shape index (κ2) is 10.9. The summed E-state index contributed by atoms with van der Waals surface area (Å²) in [4.78, 5) is 16.7. The Morgan fingerprint density at radius 1 is 0.971 bits per heavy atom. The molecule has 1 heterocycles. The van der Waals surface area contributed by atoms with Gasteiger partial charge < -0.3 is 18.9 Å². The van der Waals surface area contributed by atoms with E-state index in [9.17, 15) is 4.79 Å². The van der Waals surface area contributed by atoms with Crippen molar-refractivity contribution in [1.82, 2.24) is 0 Å². The predicted molar refractivity (Wildman–Crippen MR) is 132 cm³/mol. The highest BCUT2D eigenvalue weighted by atomic mass is 35.5. The number of ether oxygens (including phenoxy) is 4. The molecule has 0 N–H and O–H groups in total. The summed E-state index contributed by atoms with van der Waals surface area (Å²) < 4.78 is 22.6. The van der Waals surface area contributed by atoms with Gasteiger partial charge in [0, 0.05) is 5.56 Å². The highest BCUT2D eigenvalue weighted by Crippen LogP contribution is 2.37. The van der Waals surface area contributed by atoms with Crippen molar-refractivity contribution < 1.29 is 23.7 Å². The maximum absolute atomic E-state index is 12.3. The molecule has 1 aliphatic rings. The third kappa shape index (κ3) is 5.77. The second-order valence-corrected chi connectivity index (χ2v) is 7.88. The monoisotopic (exact) mass is 477 g/mol. The Balaban J connectivity index is 1.48. The van der Waals surface area contributed by atoms with Crippen molar-refractivity contribution in [2.24, 2.45) is 4.99 Å². The molecule has 0 amide bonds. The van der Waals surface area contributed by atoms with Crippen LogP contribution < -0.4 is 14.2 Å². The van der Waals surface area contributed by atoms with E-state index in [4.69, 9.17) is 30.5 Å². The number of nitrogens with zero attached hydrogens (tertiary/aromatic N) is 1. The molecule has 3 aromatic carbocycles. The Bertz CT molecular complexity index is 1220. The van der Waals surface area contributed by atoms with Crippen LogP contribution in [0.3, 0.4) is 0 Å². The van der Waals surface area contributed by atoms with Gasteiger partial charge in [0.05, 0.1) is 11.6 Å². The van der Waals surface area contributed by atoms with Crippen molar-refractivity contribution in [1.29, 1.82) is 0 Å². The molecule has 0 radical (unpaired) electrons. The van der Waals surface area contributed by atoms with Gasteiger partial charge in [0.15, 0.2) is 17.2 Å². The first-order valence-electron chi connectivity index (χ1n) is 10.9. The lowest BCUT2D eigenvalue weighted by molar-refractivity contribution is -0.129. The van der Waals surface area contributed by atoms with E-state index in [0.717, 1.165) is 11.3 Å². The van der Waals surface area contributed by atoms with Gasteiger partial charge >= 0.3 is 5.97 Å². The van der Waals surface area contributed by atoms with E-state index in [1.54, 1.807) is 18.2 Å². The molecule has 0 fully saturated rings. The molecule has 0 aliphatic carbocycles. The number of hydrogen-bond donors (Lipinski definition) is 0. The molecular formula is C27H24ClNO5. The second-order valence-electron chi connectivity index (χ2n) is 7.48. The van der Waals surface area contributed by atoms with Crippen LogP contribution in [0.15, 0.2) is 77.4 Å². The van der Waals surface area contributed by atoms with Gasteiger partial charge in [-0.25, -0.2) is 9.79 Å². The minimum absolute atomic E-state index is 0.178. The first-order chi connectivity index (χ1) is 16.5. The van der Waals surface area contributed by atoms with Crippen molar-refractivity contribution >= 4 is 29.5 Å². The van der Waals surface area contributed by atoms with Gasteiger partial charge in [-0.2, -0.15) is 0 Å². The molecule has 1 aliphatic heterocycles. The van der Waals surface area contributed by atoms with Crippen LogP contribution in [-0.2, 0) is 9.53 Å². The van der Waals surface area contributed by atoms with Crippen molar-refractivity contribution in [3.8, 4) is 17.2 Å². The predicted octanol–water partition coefficient (Wildman–Crippen LogP) is 5.85. The normalized spacial score (nSPS) is 14.0. The number of cyclic esters (lactones) is 1. The highest BCUT2D eigenvalue weighted by Gasteiger charge is 2.24. The zero-order valence-electron chi connectivity index (χ0n) is 18.9. The minimum Gasteiger partial charge on any atom is -0.490 e. The summed E-state index contributed by atoms with van der Waals surface area (Å²) in [6.07, 6.45) is 1.61. The van der Waals surface area contributed by atoms with Gasteiger partial charge in [-0.3, -0.25) is 0 Å². The van der Waals surface area contributed by atoms with Crippen molar-refractivity contribution in [3.05, 3.63) is 94.1 Å². The Kier molecular flexibility index (Phi) is 7.50. The van der Waals surface area contributed by atoms with E-state index in [0.29, 0.717) is 35.3 Å². The summed E-state index contributed by atoms with van der Waals surface area (Å²) in [6.45, 7) is 4.94. The smallest absolute Gasteiger partial charge is 0.363 e. The number of aryl methyl sites for hydroxylation is 1. The van der Waals surface area contributed by atoms with Crippen LogP contribution in [0.1, 0.15) is 23.6 Å². The first kappa shape index (κ1) is 23.4. The number of carbonyl (C=O) groups is 1. The molecule has 0 bridgehead atoms. The molecule has 34 heavy (non-hydrogen) atoms. The fourth-order valence-electron chi connectivity index (χ4n) is 3.28. The van der Waals surface area contributed by atoms with Gasteiger partial charge in [-0.1, -0.05) is 47.5 Å². The van der Waals surface area contributed by atoms with E-state index in [1.165, 1.54) is 5.56 Å². The quantitative estimate of drug-likeness (QED) is 0.220. The largest absolute Gasteiger partial charge is 0.490 e. The standard InChI is InChI=1S/C27H24ClNO5/c1-3-31-24-17-19(16-23-27(30)34-26(29-23)20-7-5-4-6-8-20)15-22(28)25(24)33-14-13-32-21-11-9-18(2)10-12-21/h4-12,15-17H,3,13-14H2,1-2H3/b23-16+. The van der Waals surface area contributed by atoms with Crippen molar-refractivity contribution in [2.45, 2.75) is 13.8 Å². The number of carbonyl (C=O) groups excluding carboxylic acids is 1. The average molecular weight is 478 g/mol. The van der Waals surface area contributed by atoms with Gasteiger partial charge in [0.25, 0.3) is 0 Å². The van der Waals surface area contributed by atoms with E-state index in [2.05, 4.69) is 4.99 Å². The summed E-state index contributed by atoms with van der Waals surface area (Å²) in [6, 6.07) is 20.5. The average Bonchev–Trinajstić information content (AvgIpc) is 3.20. The summed E-state index contributed by atoms with van der Waals surface area (Å²) in [5, 5.41) is 0.353. The Labute approximate surface area is 203 Å². The lowest BCUT2D eigenvalue weighted by atomic mass is 10.1. The number of esters is 1. The fourth-order valence-corrected chi connectivity index (χ4v) is 3.56. The van der Waals surface area contributed by atoms with Crippen LogP contribution in [0.5, 0.6) is 17.2 Å². The minimum atomic E-state index is -0.526. The maximum atomic E-state index is 12.3. The van der Waals surface area contributed by atoms with E-state index >= 15 is 0 Å². The van der Waals surface area contributed by atoms with Crippen molar-refractivity contribution in [2.75, 3.05) is 19.8 Å². The number of halogens is 1. The molecule has 174 valence electrons. The molecular weight excluding hydrogens is 454 g/mol. The summed E-state index contributed by atoms with van der Waals surface area (Å²) >= 11 is 6.50. The number of hydrogen-bond acceptors (Lipinski definition) is 6. The van der Waals surface area contributed by atoms with Gasteiger partial charge in [-0.15, -0.1) is 0 Å². The summed E-state index contributed by atoms with van der Waals surface area (Å²) in [7, 11) is 0. The van der Waals surface area contributed by atoms with Gasteiger partial charge in [0.2, 0.25) is 5.90 Å². The highest BCUT2D eigenvalue weighted by molar-refractivity contribution is 6.32. The van der Waals surface area contributed by atoms with Crippen LogP contribution in [0.2, 0.25) is 5.02 Å². The van der Waals surface area contributed by atoms with Crippen molar-refractivity contribution in [3.63, 3.8) is 0 Å². The zero-order valence-corrected chi connectivity index (χ0v) is 19.7. The third-order valence-electron chi connectivity index (χ3n) is 4.90. The Morgan fingerprint density at radius 2 is 1.71 bits per heavy atom. The molecule has 0 saturated carbocycles. The molecule has 0 atom stereocenters. The van der Waals surface area contributed by atoms with Gasteiger partial charge in [-0.05, 0) is 61.9 Å². The molecule has 4 rings (SSSR count). The van der Waals surface area contributed by atoms with Crippen LogP contribution in [0.25, 0.3) is 6.08 Å². The Hall–Kier alpha value is -3.77. The topological polar surface area (TPSA) is 66.4 Å². The van der Waals surface area contributed by atoms with Gasteiger partial charge in [0.1, 0.15) is 19.0 Å². The molecule has 3 aromatic rings. The van der Waals surface area contributed by atoms with E-state index < -0.39 is 5.97 Å². The first-order valence-corrected chi connectivity index (χ1v) is 11.3. The summed E-state index contributed by atoms with van der Waals surface area (Å²) in [5.41, 5.74) is 2.71. The maximum Gasteiger partial charge on any atom is 0.363 e. The van der Waals surface area contributed by atoms with Crippen LogP contribution >= 0.6 is 11.6 Å². The lowest BCUT2D eigenvalue weighted by Crippen LogP contribution is -2.10. The van der Waals surface area contributed by atoms with E-state index in [1.807, 2.05) is 68.4 Å². The number of benzene rings is 3. The SMILES string of the molecule is CCOc1cc(/C=C2/N=C(c3ccccc3)OC2=O)cc(Cl)c1OCCOc1ccc(C)cc1. The molecule has 7 heteroatoms. The summed E-state index contributed by atoms with van der Waals surface area (Å²) in [5.74, 6) is 1.39. The van der Waals surface area contributed by atoms with Crippen LogP contribution in [0.4, 0.5) is 0 Å². The molecule has 0 saturated heterocycles. The molecule has 0 aromatic heterocycles. The van der Waals surface area contributed by atoms with E-state index in [-0.39, 0.29) is 18.2 Å². The lowest BCUT2D eigenvalue weighted by Gasteiger charge is -2.15. The molecule has 0 unspecified atom stereocenters. The van der Waals surface area contributed by atoms with Crippen LogP contribution in [0, 0.1) is 6.92 Å². The number of rotatable bonds is 9. The Morgan fingerprint density at radius 3 is 2.44 bits per heavy atom. The molecule has 0 spiro atoms.